The van der Waals surface area contributed by atoms with Crippen molar-refractivity contribution in [2.45, 2.75) is 13.0 Å². The summed E-state index contributed by atoms with van der Waals surface area (Å²) in [5.74, 6) is 0.838. The van der Waals surface area contributed by atoms with E-state index < -0.39 is 0 Å². The smallest absolute Gasteiger partial charge is 0.145 e. The van der Waals surface area contributed by atoms with E-state index in [1.165, 1.54) is 0 Å². The summed E-state index contributed by atoms with van der Waals surface area (Å²) in [7, 11) is 0. The maximum atomic E-state index is 5.76. The average molecular weight is 258 g/mol. The predicted octanol–water partition coefficient (Wildman–Crippen LogP) is 2.12. The van der Waals surface area contributed by atoms with E-state index in [-0.39, 0.29) is 6.10 Å². The SMILES string of the molecule is Cc1cc(OC2COC2)c(Br)cc1N. The van der Waals surface area contributed by atoms with Gasteiger partial charge in [0, 0.05) is 5.69 Å². The molecule has 4 heteroatoms. The third kappa shape index (κ3) is 1.86. The van der Waals surface area contributed by atoms with Crippen molar-refractivity contribution in [3.63, 3.8) is 0 Å². The Morgan fingerprint density at radius 1 is 1.50 bits per heavy atom. The van der Waals surface area contributed by atoms with E-state index in [4.69, 9.17) is 15.2 Å². The predicted molar refractivity (Wildman–Crippen MR) is 58.5 cm³/mol. The lowest BCUT2D eigenvalue weighted by molar-refractivity contribution is -0.0799. The molecule has 2 rings (SSSR count). The second-order valence-corrected chi connectivity index (χ2v) is 4.27. The first-order valence-electron chi connectivity index (χ1n) is 4.47. The van der Waals surface area contributed by atoms with Crippen LogP contribution in [0.2, 0.25) is 0 Å². The number of aryl methyl sites for hydroxylation is 1. The van der Waals surface area contributed by atoms with Crippen molar-refractivity contribution in [3.8, 4) is 5.75 Å². The third-order valence-corrected chi connectivity index (χ3v) is 2.84. The molecule has 0 aliphatic carbocycles. The second kappa shape index (κ2) is 3.79. The second-order valence-electron chi connectivity index (χ2n) is 3.42. The Kier molecular flexibility index (Phi) is 2.65. The molecule has 1 aromatic rings. The summed E-state index contributed by atoms with van der Waals surface area (Å²) in [5.41, 5.74) is 7.56. The zero-order valence-electron chi connectivity index (χ0n) is 7.92. The van der Waals surface area contributed by atoms with Crippen LogP contribution in [-0.4, -0.2) is 19.3 Å². The maximum Gasteiger partial charge on any atom is 0.145 e. The summed E-state index contributed by atoms with van der Waals surface area (Å²) in [5, 5.41) is 0. The minimum atomic E-state index is 0.189. The number of benzene rings is 1. The fourth-order valence-corrected chi connectivity index (χ4v) is 1.68. The van der Waals surface area contributed by atoms with Gasteiger partial charge in [-0.1, -0.05) is 0 Å². The van der Waals surface area contributed by atoms with Crippen LogP contribution in [0.15, 0.2) is 16.6 Å². The monoisotopic (exact) mass is 257 g/mol. The quantitative estimate of drug-likeness (QED) is 0.826. The van der Waals surface area contributed by atoms with Crippen LogP contribution < -0.4 is 10.5 Å². The number of ether oxygens (including phenoxy) is 2. The lowest BCUT2D eigenvalue weighted by Gasteiger charge is -2.27. The fraction of sp³-hybridized carbons (Fsp3) is 0.400. The number of rotatable bonds is 2. The van der Waals surface area contributed by atoms with E-state index >= 15 is 0 Å². The Bertz CT molecular complexity index is 350. The van der Waals surface area contributed by atoms with E-state index in [1.54, 1.807) is 0 Å². The molecule has 76 valence electrons. The molecule has 1 aliphatic heterocycles. The Morgan fingerprint density at radius 2 is 2.21 bits per heavy atom. The molecule has 1 heterocycles. The molecule has 0 bridgehead atoms. The van der Waals surface area contributed by atoms with Crippen molar-refractivity contribution in [3.05, 3.63) is 22.2 Å². The lowest BCUT2D eigenvalue weighted by Crippen LogP contribution is -2.38. The number of halogens is 1. The van der Waals surface area contributed by atoms with E-state index in [2.05, 4.69) is 15.9 Å². The molecule has 14 heavy (non-hydrogen) atoms. The Balaban J connectivity index is 2.19. The maximum absolute atomic E-state index is 5.76. The third-order valence-electron chi connectivity index (χ3n) is 2.22. The van der Waals surface area contributed by atoms with E-state index in [9.17, 15) is 0 Å². The summed E-state index contributed by atoms with van der Waals surface area (Å²) >= 11 is 3.42. The standard InChI is InChI=1S/C10H12BrNO2/c1-6-2-10(8(11)3-9(6)12)14-7-4-13-5-7/h2-3,7H,4-5,12H2,1H3. The number of hydrogen-bond donors (Lipinski definition) is 1. The van der Waals surface area contributed by atoms with E-state index in [0.29, 0.717) is 13.2 Å². The van der Waals surface area contributed by atoms with Crippen molar-refractivity contribution in [2.75, 3.05) is 18.9 Å². The van der Waals surface area contributed by atoms with Crippen LogP contribution >= 0.6 is 15.9 Å². The van der Waals surface area contributed by atoms with Gasteiger partial charge in [-0.3, -0.25) is 0 Å². The molecule has 0 unspecified atom stereocenters. The van der Waals surface area contributed by atoms with Gasteiger partial charge < -0.3 is 15.2 Å². The molecule has 0 spiro atoms. The minimum absolute atomic E-state index is 0.189. The zero-order valence-corrected chi connectivity index (χ0v) is 9.50. The number of nitrogen functional groups attached to an aromatic ring is 1. The van der Waals surface area contributed by atoms with Crippen molar-refractivity contribution in [2.24, 2.45) is 0 Å². The van der Waals surface area contributed by atoms with Crippen molar-refractivity contribution in [1.82, 2.24) is 0 Å². The molecule has 3 nitrogen and oxygen atoms in total. The van der Waals surface area contributed by atoms with Crippen molar-refractivity contribution < 1.29 is 9.47 Å². The van der Waals surface area contributed by atoms with Gasteiger partial charge >= 0.3 is 0 Å². The number of hydrogen-bond acceptors (Lipinski definition) is 3. The van der Waals surface area contributed by atoms with Crippen LogP contribution in [0.4, 0.5) is 5.69 Å². The summed E-state index contributed by atoms with van der Waals surface area (Å²) in [6, 6.07) is 3.81. The first kappa shape index (κ1) is 9.80. The van der Waals surface area contributed by atoms with Crippen LogP contribution in [0.5, 0.6) is 5.75 Å². The molecule has 0 amide bonds. The highest BCUT2D eigenvalue weighted by atomic mass is 79.9. The topological polar surface area (TPSA) is 44.5 Å². The average Bonchev–Trinajstić information content (AvgIpc) is 2.06. The first-order chi connectivity index (χ1) is 6.66. The zero-order chi connectivity index (χ0) is 10.1. The van der Waals surface area contributed by atoms with Gasteiger partial charge in [0.2, 0.25) is 0 Å². The molecule has 1 fully saturated rings. The molecule has 0 atom stereocenters. The van der Waals surface area contributed by atoms with Crippen LogP contribution in [0.3, 0.4) is 0 Å². The van der Waals surface area contributed by atoms with Crippen LogP contribution in [-0.2, 0) is 4.74 Å². The molecular formula is C10H12BrNO2. The Labute approximate surface area is 91.3 Å². The van der Waals surface area contributed by atoms with Gasteiger partial charge in [-0.05, 0) is 40.5 Å². The lowest BCUT2D eigenvalue weighted by atomic mass is 10.2. The number of nitrogens with two attached hydrogens (primary N) is 1. The molecule has 1 saturated heterocycles. The minimum Gasteiger partial charge on any atom is -0.484 e. The van der Waals surface area contributed by atoms with Gasteiger partial charge in [-0.2, -0.15) is 0 Å². The summed E-state index contributed by atoms with van der Waals surface area (Å²) in [6.45, 7) is 3.32. The van der Waals surface area contributed by atoms with Gasteiger partial charge in [0.1, 0.15) is 11.9 Å². The molecular weight excluding hydrogens is 246 g/mol. The van der Waals surface area contributed by atoms with Gasteiger partial charge in [-0.15, -0.1) is 0 Å². The van der Waals surface area contributed by atoms with Crippen LogP contribution in [0.25, 0.3) is 0 Å². The first-order valence-corrected chi connectivity index (χ1v) is 5.26. The molecule has 0 saturated carbocycles. The molecule has 0 radical (unpaired) electrons. The largest absolute Gasteiger partial charge is 0.484 e. The molecule has 1 aromatic carbocycles. The Morgan fingerprint density at radius 3 is 2.79 bits per heavy atom. The fourth-order valence-electron chi connectivity index (χ4n) is 1.22. The molecule has 2 N–H and O–H groups in total. The molecule has 0 aromatic heterocycles. The van der Waals surface area contributed by atoms with E-state index in [0.717, 1.165) is 21.5 Å². The van der Waals surface area contributed by atoms with Gasteiger partial charge in [0.15, 0.2) is 0 Å². The van der Waals surface area contributed by atoms with Gasteiger partial charge in [0.05, 0.1) is 17.7 Å². The number of anilines is 1. The van der Waals surface area contributed by atoms with Crippen LogP contribution in [0, 0.1) is 6.92 Å². The van der Waals surface area contributed by atoms with Crippen molar-refractivity contribution in [1.29, 1.82) is 0 Å². The summed E-state index contributed by atoms with van der Waals surface area (Å²) < 4.78 is 11.6. The van der Waals surface area contributed by atoms with Gasteiger partial charge in [-0.25, -0.2) is 0 Å². The van der Waals surface area contributed by atoms with Crippen molar-refractivity contribution >= 4 is 21.6 Å². The highest BCUT2D eigenvalue weighted by molar-refractivity contribution is 9.10. The van der Waals surface area contributed by atoms with E-state index in [1.807, 2.05) is 19.1 Å². The Hall–Kier alpha value is -0.740. The highest BCUT2D eigenvalue weighted by Gasteiger charge is 2.21. The van der Waals surface area contributed by atoms with Crippen LogP contribution in [0.1, 0.15) is 5.56 Å². The highest BCUT2D eigenvalue weighted by Crippen LogP contribution is 2.31. The normalized spacial score (nSPS) is 16.4. The summed E-state index contributed by atoms with van der Waals surface area (Å²) in [6.07, 6.45) is 0.189. The van der Waals surface area contributed by atoms with Gasteiger partial charge in [0.25, 0.3) is 0 Å². The molecule has 1 aliphatic rings. The summed E-state index contributed by atoms with van der Waals surface area (Å²) in [4.78, 5) is 0.